The lowest BCUT2D eigenvalue weighted by molar-refractivity contribution is -0.137. The van der Waals surface area contributed by atoms with E-state index in [-0.39, 0.29) is 18.1 Å². The largest absolute Gasteiger partial charge is 0.416 e. The van der Waals surface area contributed by atoms with E-state index in [0.29, 0.717) is 12.2 Å². The third-order valence-electron chi connectivity index (χ3n) is 5.41. The Morgan fingerprint density at radius 1 is 0.971 bits per heavy atom. The Kier molecular flexibility index (Phi) is 6.21. The number of urea groups is 1. The van der Waals surface area contributed by atoms with Crippen molar-refractivity contribution in [2.24, 2.45) is 0 Å². The Morgan fingerprint density at radius 2 is 1.76 bits per heavy atom. The fourth-order valence-electron chi connectivity index (χ4n) is 3.82. The van der Waals surface area contributed by atoms with Crippen LogP contribution in [0.3, 0.4) is 0 Å². The fourth-order valence-corrected chi connectivity index (χ4v) is 3.82. The number of pyridine rings is 1. The summed E-state index contributed by atoms with van der Waals surface area (Å²) >= 11 is 0. The Labute approximate surface area is 198 Å². The van der Waals surface area contributed by atoms with Gasteiger partial charge in [0.05, 0.1) is 16.8 Å². The summed E-state index contributed by atoms with van der Waals surface area (Å²) in [4.78, 5) is 19.9. The van der Waals surface area contributed by atoms with Gasteiger partial charge >= 0.3 is 12.2 Å². The van der Waals surface area contributed by atoms with Crippen molar-refractivity contribution in [3.05, 3.63) is 90.4 Å². The molecule has 3 N–H and O–H groups in total. The highest BCUT2D eigenvalue weighted by molar-refractivity contribution is 6.05. The number of aromatic nitrogens is 3. The van der Waals surface area contributed by atoms with Crippen molar-refractivity contribution in [1.29, 1.82) is 0 Å². The van der Waals surface area contributed by atoms with E-state index in [1.165, 1.54) is 12.1 Å². The van der Waals surface area contributed by atoms with Crippen LogP contribution in [0.15, 0.2) is 79.3 Å². The van der Waals surface area contributed by atoms with Crippen molar-refractivity contribution in [2.45, 2.75) is 12.7 Å². The number of benzene rings is 2. The normalized spacial score (nSPS) is 11.4. The number of fused-ring (bicyclic) bond motifs is 2. The second-order valence-electron chi connectivity index (χ2n) is 7.55. The summed E-state index contributed by atoms with van der Waals surface area (Å²) in [6, 6.07) is 15.1. The molecule has 0 radical (unpaired) electrons. The average molecular weight is 486 g/mol. The number of aromatic amines is 1. The SMILES string of the molecule is Cl.O=C(Nc1ccc(C(F)(F)F)cc1)Nc1cccc2c1ccn2Cc1c[nH]c2ncccc12. The van der Waals surface area contributed by atoms with Gasteiger partial charge in [0.25, 0.3) is 0 Å². The lowest BCUT2D eigenvalue weighted by Crippen LogP contribution is -2.19. The van der Waals surface area contributed by atoms with Crippen molar-refractivity contribution < 1.29 is 18.0 Å². The van der Waals surface area contributed by atoms with Gasteiger partial charge in [-0.2, -0.15) is 13.2 Å². The highest BCUT2D eigenvalue weighted by Crippen LogP contribution is 2.30. The van der Waals surface area contributed by atoms with Gasteiger partial charge < -0.3 is 20.2 Å². The van der Waals surface area contributed by atoms with Crippen LogP contribution in [0, 0.1) is 0 Å². The molecule has 0 aliphatic rings. The lowest BCUT2D eigenvalue weighted by Gasteiger charge is -2.11. The van der Waals surface area contributed by atoms with E-state index in [0.717, 1.165) is 39.6 Å². The summed E-state index contributed by atoms with van der Waals surface area (Å²) in [5.41, 5.74) is 2.93. The quantitative estimate of drug-likeness (QED) is 0.266. The second kappa shape index (κ2) is 9.11. The zero-order valence-electron chi connectivity index (χ0n) is 17.6. The molecule has 0 spiro atoms. The summed E-state index contributed by atoms with van der Waals surface area (Å²) in [5, 5.41) is 7.23. The van der Waals surface area contributed by atoms with Crippen LogP contribution in [0.2, 0.25) is 0 Å². The highest BCUT2D eigenvalue weighted by Gasteiger charge is 2.30. The van der Waals surface area contributed by atoms with Crippen LogP contribution in [0.5, 0.6) is 0 Å². The predicted molar refractivity (Wildman–Crippen MR) is 128 cm³/mol. The molecule has 34 heavy (non-hydrogen) atoms. The molecule has 3 heterocycles. The first-order chi connectivity index (χ1) is 15.9. The Hall–Kier alpha value is -3.98. The van der Waals surface area contributed by atoms with Crippen molar-refractivity contribution in [3.8, 4) is 0 Å². The molecule has 2 aromatic carbocycles. The summed E-state index contributed by atoms with van der Waals surface area (Å²) in [7, 11) is 0. The molecule has 0 saturated carbocycles. The number of H-pyrrole nitrogens is 1. The molecule has 5 aromatic rings. The number of carbonyl (C=O) groups excluding carboxylic acids is 1. The number of nitrogens with one attached hydrogen (secondary N) is 3. The third kappa shape index (κ3) is 4.55. The monoisotopic (exact) mass is 485 g/mol. The molecule has 5 rings (SSSR count). The van der Waals surface area contributed by atoms with E-state index >= 15 is 0 Å². The number of hydrogen-bond acceptors (Lipinski definition) is 2. The smallest absolute Gasteiger partial charge is 0.346 e. The molecule has 0 unspecified atom stereocenters. The van der Waals surface area contributed by atoms with Crippen molar-refractivity contribution in [1.82, 2.24) is 14.5 Å². The van der Waals surface area contributed by atoms with Crippen molar-refractivity contribution in [3.63, 3.8) is 0 Å². The third-order valence-corrected chi connectivity index (χ3v) is 5.41. The van der Waals surface area contributed by atoms with Crippen LogP contribution < -0.4 is 10.6 Å². The summed E-state index contributed by atoms with van der Waals surface area (Å²) in [6.07, 6.45) is 1.19. The Bertz CT molecular complexity index is 1460. The minimum absolute atomic E-state index is 0. The van der Waals surface area contributed by atoms with E-state index < -0.39 is 17.8 Å². The molecule has 0 aliphatic heterocycles. The molecule has 0 saturated heterocycles. The number of halogens is 4. The molecule has 0 fully saturated rings. The summed E-state index contributed by atoms with van der Waals surface area (Å²) in [6.45, 7) is 0.621. The van der Waals surface area contributed by atoms with Gasteiger partial charge in [-0.05, 0) is 60.2 Å². The van der Waals surface area contributed by atoms with Crippen molar-refractivity contribution >= 4 is 51.7 Å². The first-order valence-electron chi connectivity index (χ1n) is 10.1. The highest BCUT2D eigenvalue weighted by atomic mass is 35.5. The molecule has 0 atom stereocenters. The van der Waals surface area contributed by atoms with E-state index in [1.54, 1.807) is 12.3 Å². The average Bonchev–Trinajstić information content (AvgIpc) is 3.39. The first-order valence-corrected chi connectivity index (χ1v) is 10.1. The van der Waals surface area contributed by atoms with E-state index in [1.807, 2.05) is 42.7 Å². The number of nitrogens with zero attached hydrogens (tertiary/aromatic N) is 2. The van der Waals surface area contributed by atoms with E-state index in [9.17, 15) is 18.0 Å². The molecule has 0 aliphatic carbocycles. The van der Waals surface area contributed by atoms with Gasteiger partial charge in [0.2, 0.25) is 0 Å². The maximum absolute atomic E-state index is 12.7. The first kappa shape index (κ1) is 23.2. The molecule has 3 aromatic heterocycles. The van der Waals surface area contributed by atoms with E-state index in [4.69, 9.17) is 0 Å². The number of amides is 2. The van der Waals surface area contributed by atoms with Gasteiger partial charge in [-0.1, -0.05) is 6.07 Å². The topological polar surface area (TPSA) is 74.7 Å². The van der Waals surface area contributed by atoms with Gasteiger partial charge in [0.1, 0.15) is 5.65 Å². The zero-order chi connectivity index (χ0) is 23.0. The standard InChI is InChI=1S/C24H18F3N5O.ClH/c25-24(26,27)16-6-8-17(9-7-16)30-23(33)31-20-4-1-5-21-19(20)10-12-32(21)14-15-13-29-22-18(15)3-2-11-28-22;/h1-13H,14H2,(H,28,29)(H2,30,31,33);1H. The van der Waals surface area contributed by atoms with Gasteiger partial charge in [-0.3, -0.25) is 0 Å². The fraction of sp³-hybridized carbons (Fsp3) is 0.0833. The van der Waals surface area contributed by atoms with E-state index in [2.05, 4.69) is 25.2 Å². The number of carbonyl (C=O) groups is 1. The van der Waals surface area contributed by atoms with Gasteiger partial charge in [0.15, 0.2) is 0 Å². The van der Waals surface area contributed by atoms with Crippen LogP contribution in [0.1, 0.15) is 11.1 Å². The second-order valence-corrected chi connectivity index (χ2v) is 7.55. The van der Waals surface area contributed by atoms with Crippen LogP contribution in [0.4, 0.5) is 29.3 Å². The molecule has 10 heteroatoms. The van der Waals surface area contributed by atoms with Crippen LogP contribution in [-0.4, -0.2) is 20.6 Å². The lowest BCUT2D eigenvalue weighted by atomic mass is 10.2. The maximum Gasteiger partial charge on any atom is 0.416 e. The van der Waals surface area contributed by atoms with Gasteiger partial charge in [0, 0.05) is 41.6 Å². The van der Waals surface area contributed by atoms with Gasteiger partial charge in [-0.25, -0.2) is 9.78 Å². The number of rotatable bonds is 4. The van der Waals surface area contributed by atoms with Crippen LogP contribution in [-0.2, 0) is 12.7 Å². The summed E-state index contributed by atoms with van der Waals surface area (Å²) < 4.78 is 40.2. The molecule has 2 amide bonds. The predicted octanol–water partition coefficient (Wildman–Crippen LogP) is 6.65. The Morgan fingerprint density at radius 3 is 2.53 bits per heavy atom. The molecular weight excluding hydrogens is 467 g/mol. The Balaban J connectivity index is 0.00000274. The summed E-state index contributed by atoms with van der Waals surface area (Å²) in [5.74, 6) is 0. The van der Waals surface area contributed by atoms with Gasteiger partial charge in [-0.15, -0.1) is 12.4 Å². The molecule has 6 nitrogen and oxygen atoms in total. The van der Waals surface area contributed by atoms with Crippen LogP contribution in [0.25, 0.3) is 21.9 Å². The molecule has 174 valence electrons. The molecular formula is C24H19ClF3N5O. The maximum atomic E-state index is 12.7. The minimum atomic E-state index is -4.42. The molecule has 0 bridgehead atoms. The van der Waals surface area contributed by atoms with Crippen molar-refractivity contribution in [2.75, 3.05) is 10.6 Å². The number of alkyl halides is 3. The number of hydrogen-bond donors (Lipinski definition) is 3. The number of anilines is 2. The minimum Gasteiger partial charge on any atom is -0.346 e. The van der Waals surface area contributed by atoms with Crippen LogP contribution >= 0.6 is 12.4 Å². The zero-order valence-corrected chi connectivity index (χ0v) is 18.4.